The van der Waals surface area contributed by atoms with Gasteiger partial charge < -0.3 is 14.8 Å². The van der Waals surface area contributed by atoms with E-state index in [1.165, 1.54) is 12.1 Å². The topological polar surface area (TPSA) is 115 Å². The van der Waals surface area contributed by atoms with Crippen molar-refractivity contribution in [3.8, 4) is 11.5 Å². The molecular weight excluding hydrogens is 424 g/mol. The summed E-state index contributed by atoms with van der Waals surface area (Å²) in [6.07, 6.45) is 1.58. The van der Waals surface area contributed by atoms with Gasteiger partial charge in [-0.2, -0.15) is 5.10 Å². The standard InChI is InChI=1S/C24H24N4O5/c1-3-32-23-14-18(15-25-27-20-9-11-21(12-10-20)28(30)31)6-13-22(23)33-16-24(29)26-19-7-4-17(2)5-8-19/h4-15,27H,3,16H2,1-2H3,(H,26,29)/b25-15+. The number of nitro benzene ring substituents is 1. The number of non-ortho nitro benzene ring substituents is 1. The van der Waals surface area contributed by atoms with Gasteiger partial charge in [-0.1, -0.05) is 17.7 Å². The highest BCUT2D eigenvalue weighted by Gasteiger charge is 2.09. The van der Waals surface area contributed by atoms with E-state index in [1.54, 1.807) is 36.5 Å². The average molecular weight is 448 g/mol. The number of aryl methyl sites for hydroxylation is 1. The predicted octanol–water partition coefficient (Wildman–Crippen LogP) is 4.77. The van der Waals surface area contributed by atoms with Crippen molar-refractivity contribution in [3.05, 3.63) is 88.0 Å². The molecule has 0 unspecified atom stereocenters. The van der Waals surface area contributed by atoms with Crippen LogP contribution in [0.5, 0.6) is 11.5 Å². The summed E-state index contributed by atoms with van der Waals surface area (Å²) >= 11 is 0. The Hall–Kier alpha value is -4.40. The Morgan fingerprint density at radius 1 is 1.00 bits per heavy atom. The number of nitrogens with zero attached hydrogens (tertiary/aromatic N) is 2. The van der Waals surface area contributed by atoms with Crippen molar-refractivity contribution in [2.24, 2.45) is 5.10 Å². The Bertz CT molecular complexity index is 1130. The number of rotatable bonds is 10. The summed E-state index contributed by atoms with van der Waals surface area (Å²) in [5, 5.41) is 17.6. The molecule has 0 aliphatic heterocycles. The van der Waals surface area contributed by atoms with Crippen molar-refractivity contribution < 1.29 is 19.2 Å². The summed E-state index contributed by atoms with van der Waals surface area (Å²) in [6, 6.07) is 18.7. The minimum Gasteiger partial charge on any atom is -0.490 e. The van der Waals surface area contributed by atoms with Crippen molar-refractivity contribution in [1.29, 1.82) is 0 Å². The summed E-state index contributed by atoms with van der Waals surface area (Å²) in [7, 11) is 0. The number of anilines is 2. The molecule has 0 aliphatic rings. The Morgan fingerprint density at radius 2 is 1.70 bits per heavy atom. The maximum Gasteiger partial charge on any atom is 0.269 e. The lowest BCUT2D eigenvalue weighted by atomic mass is 10.2. The van der Waals surface area contributed by atoms with Gasteiger partial charge in [-0.3, -0.25) is 20.3 Å². The van der Waals surface area contributed by atoms with Crippen LogP contribution in [0.1, 0.15) is 18.1 Å². The number of carbonyl (C=O) groups excluding carboxylic acids is 1. The van der Waals surface area contributed by atoms with Crippen molar-refractivity contribution in [1.82, 2.24) is 0 Å². The molecule has 9 heteroatoms. The number of benzene rings is 3. The fourth-order valence-corrected chi connectivity index (χ4v) is 2.81. The highest BCUT2D eigenvalue weighted by atomic mass is 16.6. The SMILES string of the molecule is CCOc1cc(/C=N/Nc2ccc([N+](=O)[O-])cc2)ccc1OCC(=O)Nc1ccc(C)cc1. The molecule has 0 heterocycles. The molecule has 3 aromatic rings. The molecule has 0 atom stereocenters. The van der Waals surface area contributed by atoms with Gasteiger partial charge in [0.05, 0.1) is 23.4 Å². The Balaban J connectivity index is 1.59. The van der Waals surface area contributed by atoms with Crippen LogP contribution in [-0.2, 0) is 4.79 Å². The lowest BCUT2D eigenvalue weighted by molar-refractivity contribution is -0.384. The second kappa shape index (κ2) is 11.3. The normalized spacial score (nSPS) is 10.6. The molecule has 170 valence electrons. The highest BCUT2D eigenvalue weighted by molar-refractivity contribution is 5.92. The Morgan fingerprint density at radius 3 is 2.36 bits per heavy atom. The third kappa shape index (κ3) is 7.06. The molecule has 0 saturated heterocycles. The number of hydrogen-bond donors (Lipinski definition) is 2. The maximum absolute atomic E-state index is 12.2. The minimum absolute atomic E-state index is 0.00835. The molecule has 0 aliphatic carbocycles. The summed E-state index contributed by atoms with van der Waals surface area (Å²) in [5.41, 5.74) is 5.98. The molecule has 0 spiro atoms. The quantitative estimate of drug-likeness (QED) is 0.262. The van der Waals surface area contributed by atoms with Gasteiger partial charge in [0, 0.05) is 17.8 Å². The van der Waals surface area contributed by atoms with Crippen molar-refractivity contribution >= 4 is 29.2 Å². The van der Waals surface area contributed by atoms with Gasteiger partial charge in [-0.15, -0.1) is 0 Å². The zero-order valence-electron chi connectivity index (χ0n) is 18.3. The van der Waals surface area contributed by atoms with Gasteiger partial charge in [0.15, 0.2) is 18.1 Å². The van der Waals surface area contributed by atoms with Crippen molar-refractivity contribution in [2.75, 3.05) is 24.0 Å². The zero-order valence-corrected chi connectivity index (χ0v) is 18.3. The van der Waals surface area contributed by atoms with Gasteiger partial charge in [-0.05, 0) is 61.9 Å². The molecule has 33 heavy (non-hydrogen) atoms. The average Bonchev–Trinajstić information content (AvgIpc) is 2.80. The van der Waals surface area contributed by atoms with Crippen LogP contribution < -0.4 is 20.2 Å². The number of ether oxygens (including phenoxy) is 2. The first-order valence-corrected chi connectivity index (χ1v) is 10.2. The fraction of sp³-hybridized carbons (Fsp3) is 0.167. The number of hydrogen-bond acceptors (Lipinski definition) is 7. The van der Waals surface area contributed by atoms with E-state index in [-0.39, 0.29) is 18.2 Å². The number of nitrogens with one attached hydrogen (secondary N) is 2. The van der Waals surface area contributed by atoms with Gasteiger partial charge >= 0.3 is 0 Å². The number of hydrazone groups is 1. The Labute approximate surface area is 191 Å². The number of amides is 1. The highest BCUT2D eigenvalue weighted by Crippen LogP contribution is 2.28. The summed E-state index contributed by atoms with van der Waals surface area (Å²) in [6.45, 7) is 4.09. The van der Waals surface area contributed by atoms with Crippen LogP contribution in [0, 0.1) is 17.0 Å². The fourth-order valence-electron chi connectivity index (χ4n) is 2.81. The molecule has 0 bridgehead atoms. The van der Waals surface area contributed by atoms with Crippen LogP contribution in [0.15, 0.2) is 71.8 Å². The molecular formula is C24H24N4O5. The zero-order chi connectivity index (χ0) is 23.6. The molecule has 0 fully saturated rings. The van der Waals surface area contributed by atoms with E-state index in [9.17, 15) is 14.9 Å². The smallest absolute Gasteiger partial charge is 0.269 e. The number of carbonyl (C=O) groups is 1. The van der Waals surface area contributed by atoms with E-state index in [4.69, 9.17) is 9.47 Å². The second-order valence-electron chi connectivity index (χ2n) is 7.02. The lowest BCUT2D eigenvalue weighted by Crippen LogP contribution is -2.20. The summed E-state index contributed by atoms with van der Waals surface area (Å²) in [5.74, 6) is 0.649. The largest absolute Gasteiger partial charge is 0.490 e. The maximum atomic E-state index is 12.2. The van der Waals surface area contributed by atoms with Crippen LogP contribution in [-0.4, -0.2) is 30.3 Å². The molecule has 1 amide bonds. The minimum atomic E-state index is -0.460. The van der Waals surface area contributed by atoms with Crippen LogP contribution in [0.3, 0.4) is 0 Å². The third-order valence-corrected chi connectivity index (χ3v) is 4.45. The van der Waals surface area contributed by atoms with Crippen LogP contribution in [0.2, 0.25) is 0 Å². The van der Waals surface area contributed by atoms with Crippen LogP contribution in [0.25, 0.3) is 0 Å². The van der Waals surface area contributed by atoms with Gasteiger partial charge in [0.1, 0.15) is 0 Å². The van der Waals surface area contributed by atoms with Gasteiger partial charge in [-0.25, -0.2) is 0 Å². The van der Waals surface area contributed by atoms with E-state index in [2.05, 4.69) is 15.8 Å². The predicted molar refractivity (Wildman–Crippen MR) is 127 cm³/mol. The summed E-state index contributed by atoms with van der Waals surface area (Å²) < 4.78 is 11.3. The monoisotopic (exact) mass is 448 g/mol. The first-order valence-electron chi connectivity index (χ1n) is 10.2. The van der Waals surface area contributed by atoms with Gasteiger partial charge in [0.2, 0.25) is 0 Å². The molecule has 2 N–H and O–H groups in total. The van der Waals surface area contributed by atoms with E-state index >= 15 is 0 Å². The van der Waals surface area contributed by atoms with Gasteiger partial charge in [0.25, 0.3) is 11.6 Å². The second-order valence-corrected chi connectivity index (χ2v) is 7.02. The Kier molecular flexibility index (Phi) is 7.96. The van der Waals surface area contributed by atoms with E-state index in [0.717, 1.165) is 11.1 Å². The molecule has 0 saturated carbocycles. The first kappa shape index (κ1) is 23.3. The molecule has 0 aromatic heterocycles. The molecule has 3 rings (SSSR count). The van der Waals surface area contributed by atoms with Crippen molar-refractivity contribution in [2.45, 2.75) is 13.8 Å². The van der Waals surface area contributed by atoms with Crippen LogP contribution in [0.4, 0.5) is 17.1 Å². The number of nitro groups is 1. The summed E-state index contributed by atoms with van der Waals surface area (Å²) in [4.78, 5) is 22.4. The molecule has 9 nitrogen and oxygen atoms in total. The van der Waals surface area contributed by atoms with Crippen molar-refractivity contribution in [3.63, 3.8) is 0 Å². The van der Waals surface area contributed by atoms with E-state index in [1.807, 2.05) is 38.1 Å². The first-order chi connectivity index (χ1) is 15.9. The molecule has 3 aromatic carbocycles. The van der Waals surface area contributed by atoms with Crippen LogP contribution >= 0.6 is 0 Å². The van der Waals surface area contributed by atoms with E-state index < -0.39 is 4.92 Å². The molecule has 0 radical (unpaired) electrons. The van der Waals surface area contributed by atoms with E-state index in [0.29, 0.717) is 29.5 Å². The lowest BCUT2D eigenvalue weighted by Gasteiger charge is -2.12. The third-order valence-electron chi connectivity index (χ3n) is 4.45.